The molecule has 0 fully saturated rings. The zero-order chi connectivity index (χ0) is 18.7. The van der Waals surface area contributed by atoms with Crippen molar-refractivity contribution in [2.24, 2.45) is 0 Å². The average Bonchev–Trinajstić information content (AvgIpc) is 2.67. The fourth-order valence-corrected chi connectivity index (χ4v) is 2.87. The van der Waals surface area contributed by atoms with Gasteiger partial charge in [0.2, 0.25) is 0 Å². The number of nitro groups is 1. The summed E-state index contributed by atoms with van der Waals surface area (Å²) in [4.78, 5) is 11.1. The molecule has 2 N–H and O–H groups in total. The van der Waals surface area contributed by atoms with Crippen LogP contribution < -0.4 is 10.5 Å². The summed E-state index contributed by atoms with van der Waals surface area (Å²) >= 11 is 0. The number of nitrogens with zero attached hydrogens (tertiary/aromatic N) is 2. The summed E-state index contributed by atoms with van der Waals surface area (Å²) in [6, 6.07) is 19.8. The highest BCUT2D eigenvalue weighted by Crippen LogP contribution is 2.42. The summed E-state index contributed by atoms with van der Waals surface area (Å²) < 4.78 is 5.21. The Morgan fingerprint density at radius 3 is 2.35 bits per heavy atom. The van der Waals surface area contributed by atoms with Crippen LogP contribution in [0.4, 0.5) is 11.4 Å². The Hall–Kier alpha value is -3.85. The molecule has 128 valence electrons. The Morgan fingerprint density at radius 2 is 1.73 bits per heavy atom. The number of hydrogen-bond donors (Lipinski definition) is 1. The van der Waals surface area contributed by atoms with E-state index in [0.717, 1.165) is 5.56 Å². The van der Waals surface area contributed by atoms with Gasteiger partial charge in [-0.3, -0.25) is 10.1 Å². The van der Waals surface area contributed by atoms with E-state index in [1.165, 1.54) is 7.11 Å². The van der Waals surface area contributed by atoms with Crippen LogP contribution in [-0.4, -0.2) is 12.0 Å². The second-order valence-electron chi connectivity index (χ2n) is 5.58. The molecule has 3 rings (SSSR count). The largest absolute Gasteiger partial charge is 0.497 e. The van der Waals surface area contributed by atoms with Crippen molar-refractivity contribution in [2.75, 3.05) is 12.8 Å². The number of nitrogen functional groups attached to an aromatic ring is 1. The first-order valence-electron chi connectivity index (χ1n) is 7.77. The lowest BCUT2D eigenvalue weighted by Crippen LogP contribution is -2.03. The first kappa shape index (κ1) is 17.0. The van der Waals surface area contributed by atoms with Crippen LogP contribution in [0, 0.1) is 21.4 Å². The second-order valence-corrected chi connectivity index (χ2v) is 5.58. The van der Waals surface area contributed by atoms with Gasteiger partial charge >= 0.3 is 5.69 Å². The number of nitriles is 1. The van der Waals surface area contributed by atoms with Crippen molar-refractivity contribution >= 4 is 11.4 Å². The Labute approximate surface area is 150 Å². The van der Waals surface area contributed by atoms with Crippen molar-refractivity contribution in [1.82, 2.24) is 0 Å². The SMILES string of the molecule is COc1cccc(-c2cc(-c3ccccc3)c(C#N)c(N)c2[N+](=O)[O-])c1. The van der Waals surface area contributed by atoms with E-state index in [4.69, 9.17) is 10.5 Å². The molecule has 0 saturated heterocycles. The van der Waals surface area contributed by atoms with Crippen LogP contribution in [0.1, 0.15) is 5.56 Å². The average molecular weight is 345 g/mol. The highest BCUT2D eigenvalue weighted by atomic mass is 16.6. The van der Waals surface area contributed by atoms with Crippen LogP contribution in [-0.2, 0) is 0 Å². The van der Waals surface area contributed by atoms with Gasteiger partial charge in [-0.1, -0.05) is 42.5 Å². The van der Waals surface area contributed by atoms with Crippen LogP contribution in [0.3, 0.4) is 0 Å². The first-order chi connectivity index (χ1) is 12.6. The summed E-state index contributed by atoms with van der Waals surface area (Å²) in [6.07, 6.45) is 0. The zero-order valence-corrected chi connectivity index (χ0v) is 14.0. The number of rotatable bonds is 4. The van der Waals surface area contributed by atoms with Crippen LogP contribution >= 0.6 is 0 Å². The maximum Gasteiger partial charge on any atom is 0.301 e. The van der Waals surface area contributed by atoms with E-state index in [0.29, 0.717) is 22.4 Å². The number of anilines is 1. The molecular weight excluding hydrogens is 330 g/mol. The topological polar surface area (TPSA) is 102 Å². The Bertz CT molecular complexity index is 1020. The van der Waals surface area contributed by atoms with Gasteiger partial charge in [0, 0.05) is 5.56 Å². The molecule has 0 aliphatic carbocycles. The number of ether oxygens (including phenoxy) is 1. The lowest BCUT2D eigenvalue weighted by Gasteiger charge is -2.13. The van der Waals surface area contributed by atoms with Crippen LogP contribution in [0.5, 0.6) is 5.75 Å². The molecule has 0 bridgehead atoms. The van der Waals surface area contributed by atoms with E-state index in [2.05, 4.69) is 0 Å². The Kier molecular flexibility index (Phi) is 4.54. The fraction of sp³-hybridized carbons (Fsp3) is 0.0500. The van der Waals surface area contributed by atoms with Gasteiger partial charge in [0.1, 0.15) is 17.5 Å². The van der Waals surface area contributed by atoms with E-state index in [1.54, 1.807) is 30.3 Å². The molecule has 0 unspecified atom stereocenters. The maximum absolute atomic E-state index is 11.7. The minimum atomic E-state index is -0.556. The van der Waals surface area contributed by atoms with Crippen LogP contribution in [0.25, 0.3) is 22.3 Å². The molecule has 0 aliphatic rings. The van der Waals surface area contributed by atoms with Gasteiger partial charge in [-0.15, -0.1) is 0 Å². The molecule has 3 aromatic carbocycles. The molecule has 0 heterocycles. The van der Waals surface area contributed by atoms with Crippen molar-refractivity contribution in [3.05, 3.63) is 76.3 Å². The van der Waals surface area contributed by atoms with Gasteiger partial charge in [0.05, 0.1) is 23.2 Å². The smallest absolute Gasteiger partial charge is 0.301 e. The predicted octanol–water partition coefficient (Wildman–Crippen LogP) is 4.39. The van der Waals surface area contributed by atoms with E-state index >= 15 is 0 Å². The van der Waals surface area contributed by atoms with Gasteiger partial charge in [0.25, 0.3) is 0 Å². The lowest BCUT2D eigenvalue weighted by molar-refractivity contribution is -0.383. The molecule has 26 heavy (non-hydrogen) atoms. The number of nitro benzene ring substituents is 1. The number of methoxy groups -OCH3 is 1. The van der Waals surface area contributed by atoms with Crippen molar-refractivity contribution in [3.8, 4) is 34.1 Å². The van der Waals surface area contributed by atoms with E-state index < -0.39 is 4.92 Å². The van der Waals surface area contributed by atoms with Crippen molar-refractivity contribution < 1.29 is 9.66 Å². The number of nitrogens with two attached hydrogens (primary N) is 1. The van der Waals surface area contributed by atoms with E-state index in [9.17, 15) is 15.4 Å². The normalized spacial score (nSPS) is 10.2. The molecule has 0 atom stereocenters. The third-order valence-corrected chi connectivity index (χ3v) is 4.10. The maximum atomic E-state index is 11.7. The molecule has 0 radical (unpaired) electrons. The minimum Gasteiger partial charge on any atom is -0.497 e. The van der Waals surface area contributed by atoms with Crippen molar-refractivity contribution in [3.63, 3.8) is 0 Å². The first-order valence-corrected chi connectivity index (χ1v) is 7.77. The molecule has 6 nitrogen and oxygen atoms in total. The van der Waals surface area contributed by atoms with E-state index in [-0.39, 0.29) is 16.9 Å². The van der Waals surface area contributed by atoms with Gasteiger partial charge in [-0.05, 0) is 29.3 Å². The summed E-state index contributed by atoms with van der Waals surface area (Å²) in [6.45, 7) is 0. The third-order valence-electron chi connectivity index (χ3n) is 4.10. The van der Waals surface area contributed by atoms with Gasteiger partial charge in [-0.25, -0.2) is 0 Å². The number of hydrogen-bond acceptors (Lipinski definition) is 5. The summed E-state index contributed by atoms with van der Waals surface area (Å²) in [5, 5.41) is 21.2. The van der Waals surface area contributed by atoms with E-state index in [1.807, 2.05) is 36.4 Å². The Morgan fingerprint density at radius 1 is 1.04 bits per heavy atom. The summed E-state index contributed by atoms with van der Waals surface area (Å²) in [7, 11) is 1.52. The standard InChI is InChI=1S/C20H15N3O3/c1-26-15-9-5-8-14(10-15)17-11-16(13-6-3-2-4-7-13)18(12-21)19(22)20(17)23(24)25/h2-11H,22H2,1H3. The summed E-state index contributed by atoms with van der Waals surface area (Å²) in [5.41, 5.74) is 7.95. The second kappa shape index (κ2) is 6.95. The van der Waals surface area contributed by atoms with Crippen LogP contribution in [0.2, 0.25) is 0 Å². The Balaban J connectivity index is 2.37. The minimum absolute atomic E-state index is 0.0922. The monoisotopic (exact) mass is 345 g/mol. The third kappa shape index (κ3) is 2.94. The van der Waals surface area contributed by atoms with Crippen LogP contribution in [0.15, 0.2) is 60.7 Å². The zero-order valence-electron chi connectivity index (χ0n) is 14.0. The highest BCUT2D eigenvalue weighted by molar-refractivity contribution is 5.92. The van der Waals surface area contributed by atoms with Crippen molar-refractivity contribution in [1.29, 1.82) is 5.26 Å². The van der Waals surface area contributed by atoms with Gasteiger partial charge in [-0.2, -0.15) is 5.26 Å². The molecule has 6 heteroatoms. The molecular formula is C20H15N3O3. The molecule has 0 spiro atoms. The molecule has 0 aromatic heterocycles. The van der Waals surface area contributed by atoms with Gasteiger partial charge in [0.15, 0.2) is 0 Å². The predicted molar refractivity (Wildman–Crippen MR) is 99.6 cm³/mol. The van der Waals surface area contributed by atoms with Gasteiger partial charge < -0.3 is 10.5 Å². The number of benzene rings is 3. The quantitative estimate of drug-likeness (QED) is 0.429. The molecule has 3 aromatic rings. The molecule has 0 amide bonds. The molecule has 0 saturated carbocycles. The fourth-order valence-electron chi connectivity index (χ4n) is 2.87. The lowest BCUT2D eigenvalue weighted by atomic mass is 9.92. The van der Waals surface area contributed by atoms with Crippen molar-refractivity contribution in [2.45, 2.75) is 0 Å². The summed E-state index contributed by atoms with van der Waals surface area (Å²) in [5.74, 6) is 0.570. The highest BCUT2D eigenvalue weighted by Gasteiger charge is 2.26. The molecule has 0 aliphatic heterocycles.